The van der Waals surface area contributed by atoms with Crippen molar-refractivity contribution < 1.29 is 23.1 Å². The average molecular weight is 496 g/mol. The number of nitrogens with one attached hydrogen (secondary N) is 1. The zero-order chi connectivity index (χ0) is 25.9. The maximum Gasteiger partial charge on any atom is 0.322 e. The normalized spacial score (nSPS) is 10.8. The Kier molecular flexibility index (Phi) is 10.1. The van der Waals surface area contributed by atoms with E-state index >= 15 is 0 Å². The van der Waals surface area contributed by atoms with Crippen molar-refractivity contribution in [3.8, 4) is 0 Å². The van der Waals surface area contributed by atoms with Crippen LogP contribution in [0, 0.1) is 19.7 Å². The van der Waals surface area contributed by atoms with Crippen molar-refractivity contribution in [3.05, 3.63) is 89.1 Å². The van der Waals surface area contributed by atoms with Crippen LogP contribution in [-0.2, 0) is 22.6 Å². The van der Waals surface area contributed by atoms with Crippen molar-refractivity contribution in [2.24, 2.45) is 0 Å². The van der Waals surface area contributed by atoms with Crippen LogP contribution < -0.4 is 5.32 Å². The van der Waals surface area contributed by atoms with Gasteiger partial charge >= 0.3 is 6.03 Å². The largest absolute Gasteiger partial charge is 0.467 e. The lowest BCUT2D eigenvalue weighted by Gasteiger charge is -2.28. The fourth-order valence-corrected chi connectivity index (χ4v) is 3.85. The summed E-state index contributed by atoms with van der Waals surface area (Å²) in [6.07, 6.45) is 2.14. The number of para-hydroxylation sites is 1. The molecule has 1 aromatic heterocycles. The number of hydrogen-bond donors (Lipinski definition) is 1. The summed E-state index contributed by atoms with van der Waals surface area (Å²) in [5.74, 6) is 0.0310. The molecule has 0 fully saturated rings. The maximum atomic E-state index is 13.5. The molecule has 8 heteroatoms. The lowest BCUT2D eigenvalue weighted by molar-refractivity contribution is -0.133. The summed E-state index contributed by atoms with van der Waals surface area (Å²) >= 11 is 0. The predicted octanol–water partition coefficient (Wildman–Crippen LogP) is 5.53. The minimum Gasteiger partial charge on any atom is -0.467 e. The van der Waals surface area contributed by atoms with Crippen molar-refractivity contribution in [3.63, 3.8) is 0 Å². The summed E-state index contributed by atoms with van der Waals surface area (Å²) in [7, 11) is 0. The number of carbonyl (C=O) groups excluding carboxylic acids is 2. The van der Waals surface area contributed by atoms with Crippen LogP contribution in [0.4, 0.5) is 14.9 Å². The molecule has 0 aliphatic carbocycles. The lowest BCUT2D eigenvalue weighted by atomic mass is 10.1. The molecule has 36 heavy (non-hydrogen) atoms. The molecule has 0 aliphatic rings. The first-order valence-corrected chi connectivity index (χ1v) is 12.1. The molecule has 192 valence electrons. The summed E-state index contributed by atoms with van der Waals surface area (Å²) in [6, 6.07) is 15.0. The first kappa shape index (κ1) is 26.9. The highest BCUT2D eigenvalue weighted by molar-refractivity contribution is 5.93. The Morgan fingerprint density at radius 1 is 0.972 bits per heavy atom. The van der Waals surface area contributed by atoms with Crippen LogP contribution in [0.1, 0.15) is 35.8 Å². The number of ether oxygens (including phenoxy) is 1. The summed E-state index contributed by atoms with van der Waals surface area (Å²) in [4.78, 5) is 29.9. The third kappa shape index (κ3) is 7.95. The summed E-state index contributed by atoms with van der Waals surface area (Å²) in [6.45, 7) is 7.57. The van der Waals surface area contributed by atoms with Gasteiger partial charge in [-0.2, -0.15) is 0 Å². The second kappa shape index (κ2) is 13.4. The molecule has 1 N–H and O–H groups in total. The number of furan rings is 1. The number of urea groups is 1. The van der Waals surface area contributed by atoms with E-state index in [2.05, 4.69) is 5.32 Å². The van der Waals surface area contributed by atoms with Crippen LogP contribution in [0.25, 0.3) is 0 Å². The van der Waals surface area contributed by atoms with E-state index in [0.29, 0.717) is 31.9 Å². The fourth-order valence-electron chi connectivity index (χ4n) is 3.85. The van der Waals surface area contributed by atoms with Crippen molar-refractivity contribution in [2.45, 2.75) is 40.3 Å². The van der Waals surface area contributed by atoms with Crippen LogP contribution in [0.3, 0.4) is 0 Å². The average Bonchev–Trinajstić information content (AvgIpc) is 3.37. The van der Waals surface area contributed by atoms with Gasteiger partial charge in [-0.1, -0.05) is 30.3 Å². The predicted molar refractivity (Wildman–Crippen MR) is 137 cm³/mol. The molecule has 0 bridgehead atoms. The minimum atomic E-state index is -0.350. The van der Waals surface area contributed by atoms with Gasteiger partial charge in [-0.3, -0.25) is 4.79 Å². The van der Waals surface area contributed by atoms with Gasteiger partial charge in [-0.15, -0.1) is 0 Å². The van der Waals surface area contributed by atoms with E-state index in [9.17, 15) is 14.0 Å². The monoisotopic (exact) mass is 495 g/mol. The van der Waals surface area contributed by atoms with E-state index in [-0.39, 0.29) is 37.4 Å². The number of aryl methyl sites for hydroxylation is 2. The lowest BCUT2D eigenvalue weighted by Crippen LogP contribution is -2.44. The minimum absolute atomic E-state index is 0.120. The third-order valence-electron chi connectivity index (χ3n) is 5.81. The quantitative estimate of drug-likeness (QED) is 0.336. The maximum absolute atomic E-state index is 13.5. The van der Waals surface area contributed by atoms with E-state index in [1.807, 2.05) is 39.0 Å². The molecule has 0 saturated heterocycles. The highest BCUT2D eigenvalue weighted by Crippen LogP contribution is 2.20. The smallest absolute Gasteiger partial charge is 0.322 e. The highest BCUT2D eigenvalue weighted by Gasteiger charge is 2.23. The molecule has 3 rings (SSSR count). The number of amides is 3. The van der Waals surface area contributed by atoms with Gasteiger partial charge in [0, 0.05) is 32.0 Å². The molecular weight excluding hydrogens is 461 g/mol. The number of anilines is 1. The van der Waals surface area contributed by atoms with E-state index in [0.717, 1.165) is 22.4 Å². The molecule has 3 aromatic rings. The summed E-state index contributed by atoms with van der Waals surface area (Å²) < 4.78 is 24.3. The van der Waals surface area contributed by atoms with E-state index in [1.54, 1.807) is 35.4 Å². The molecule has 0 atom stereocenters. The van der Waals surface area contributed by atoms with Gasteiger partial charge in [0.2, 0.25) is 5.91 Å². The number of benzene rings is 2. The Morgan fingerprint density at radius 2 is 1.69 bits per heavy atom. The van der Waals surface area contributed by atoms with Crippen molar-refractivity contribution in [1.82, 2.24) is 9.80 Å². The molecule has 1 heterocycles. The van der Waals surface area contributed by atoms with Crippen LogP contribution in [0.15, 0.2) is 65.3 Å². The molecule has 0 saturated carbocycles. The summed E-state index contributed by atoms with van der Waals surface area (Å²) in [5.41, 5.74) is 3.40. The summed E-state index contributed by atoms with van der Waals surface area (Å²) in [5, 5.41) is 2.98. The number of nitrogens with zero attached hydrogens (tertiary/aromatic N) is 2. The van der Waals surface area contributed by atoms with Crippen LogP contribution in [-0.4, -0.2) is 48.0 Å². The van der Waals surface area contributed by atoms with Crippen LogP contribution >= 0.6 is 0 Å². The SMILES string of the molecule is CCOCCCN(CC(=O)N(Cc1ccc(F)cc1)Cc1ccco1)C(=O)Nc1c(C)cccc1C. The molecule has 0 aliphatic heterocycles. The van der Waals surface area contributed by atoms with E-state index in [1.165, 1.54) is 17.0 Å². The van der Waals surface area contributed by atoms with Gasteiger partial charge in [0.25, 0.3) is 0 Å². The van der Waals surface area contributed by atoms with Gasteiger partial charge in [-0.25, -0.2) is 9.18 Å². The van der Waals surface area contributed by atoms with Crippen LogP contribution in [0.5, 0.6) is 0 Å². The standard InChI is InChI=1S/C28H34FN3O4/c1-4-35-16-7-15-31(28(34)30-27-21(2)8-5-9-22(27)3)20-26(33)32(19-25-10-6-17-36-25)18-23-11-13-24(29)14-12-23/h5-6,8-14,17H,4,7,15-16,18-20H2,1-3H3,(H,30,34). The molecule has 7 nitrogen and oxygen atoms in total. The molecule has 3 amide bonds. The van der Waals surface area contributed by atoms with Gasteiger partial charge in [0.15, 0.2) is 0 Å². The van der Waals surface area contributed by atoms with Crippen molar-refractivity contribution in [2.75, 3.05) is 31.6 Å². The molecular formula is C28H34FN3O4. The first-order chi connectivity index (χ1) is 17.4. The molecule has 0 spiro atoms. The third-order valence-corrected chi connectivity index (χ3v) is 5.81. The highest BCUT2D eigenvalue weighted by atomic mass is 19.1. The number of halogens is 1. The van der Waals surface area contributed by atoms with Crippen molar-refractivity contribution in [1.29, 1.82) is 0 Å². The van der Waals surface area contributed by atoms with Gasteiger partial charge in [-0.05, 0) is 68.1 Å². The Hall–Kier alpha value is -3.65. The zero-order valence-corrected chi connectivity index (χ0v) is 21.1. The second-order valence-electron chi connectivity index (χ2n) is 8.62. The Morgan fingerprint density at radius 3 is 2.33 bits per heavy atom. The fraction of sp³-hybridized carbons (Fsp3) is 0.357. The molecule has 0 radical (unpaired) electrons. The number of carbonyl (C=O) groups is 2. The zero-order valence-electron chi connectivity index (χ0n) is 21.1. The molecule has 0 unspecified atom stereocenters. The Balaban J connectivity index is 1.77. The number of rotatable bonds is 12. The van der Waals surface area contributed by atoms with E-state index < -0.39 is 0 Å². The van der Waals surface area contributed by atoms with Crippen LogP contribution in [0.2, 0.25) is 0 Å². The second-order valence-corrected chi connectivity index (χ2v) is 8.62. The van der Waals surface area contributed by atoms with Gasteiger partial charge < -0.3 is 24.3 Å². The Bertz CT molecular complexity index is 1100. The van der Waals surface area contributed by atoms with Gasteiger partial charge in [0.05, 0.1) is 12.8 Å². The van der Waals surface area contributed by atoms with Crippen molar-refractivity contribution >= 4 is 17.6 Å². The number of hydrogen-bond acceptors (Lipinski definition) is 4. The topological polar surface area (TPSA) is 75.0 Å². The van der Waals surface area contributed by atoms with Gasteiger partial charge in [0.1, 0.15) is 18.1 Å². The Labute approximate surface area is 211 Å². The molecule has 2 aromatic carbocycles. The van der Waals surface area contributed by atoms with E-state index in [4.69, 9.17) is 9.15 Å². The first-order valence-electron chi connectivity index (χ1n) is 12.1.